The minimum atomic E-state index is -0.500. The van der Waals surface area contributed by atoms with Gasteiger partial charge in [0.05, 0.1) is 12.6 Å². The predicted octanol–water partition coefficient (Wildman–Crippen LogP) is 4.05. The molecule has 0 radical (unpaired) electrons. The Morgan fingerprint density at radius 1 is 1.07 bits per heavy atom. The van der Waals surface area contributed by atoms with E-state index in [1.54, 1.807) is 29.2 Å². The van der Waals surface area contributed by atoms with E-state index >= 15 is 0 Å². The molecule has 224 valence electrons. The van der Waals surface area contributed by atoms with E-state index in [9.17, 15) is 14.0 Å². The third-order valence-corrected chi connectivity index (χ3v) is 9.77. The Morgan fingerprint density at radius 2 is 1.84 bits per heavy atom. The maximum absolute atomic E-state index is 14.0. The van der Waals surface area contributed by atoms with E-state index < -0.39 is 11.7 Å². The van der Waals surface area contributed by atoms with Gasteiger partial charge in [-0.25, -0.2) is 19.2 Å². The molecule has 1 spiro atoms. The highest BCUT2D eigenvalue weighted by atomic mass is 19.1. The zero-order valence-electron chi connectivity index (χ0n) is 24.8. The first kappa shape index (κ1) is 28.0. The summed E-state index contributed by atoms with van der Waals surface area (Å²) in [6, 6.07) is 16.2. The highest BCUT2D eigenvalue weighted by Gasteiger charge is 2.70. The van der Waals surface area contributed by atoms with Crippen molar-refractivity contribution in [2.24, 2.45) is 5.92 Å². The number of benzene rings is 2. The minimum Gasteiger partial charge on any atom is -0.363 e. The maximum atomic E-state index is 14.0. The van der Waals surface area contributed by atoms with Crippen LogP contribution >= 0.6 is 0 Å². The molecule has 43 heavy (non-hydrogen) atoms. The van der Waals surface area contributed by atoms with Crippen molar-refractivity contribution in [3.05, 3.63) is 107 Å². The number of carbonyl (C=O) groups is 2. The van der Waals surface area contributed by atoms with E-state index in [0.717, 1.165) is 12.1 Å². The van der Waals surface area contributed by atoms with Gasteiger partial charge >= 0.3 is 6.03 Å². The molecular weight excluding hydrogens is 545 g/mol. The summed E-state index contributed by atoms with van der Waals surface area (Å²) in [5.41, 5.74) is 2.76. The van der Waals surface area contributed by atoms with Crippen molar-refractivity contribution in [2.75, 3.05) is 26.7 Å². The molecule has 1 N–H and O–H groups in total. The van der Waals surface area contributed by atoms with Crippen LogP contribution in [0.25, 0.3) is 0 Å². The number of amides is 3. The summed E-state index contributed by atoms with van der Waals surface area (Å²) in [6.45, 7) is 5.92. The van der Waals surface area contributed by atoms with Gasteiger partial charge in [0, 0.05) is 32.6 Å². The fourth-order valence-electron chi connectivity index (χ4n) is 8.01. The molecule has 0 saturated carbocycles. The molecule has 3 fully saturated rings. The van der Waals surface area contributed by atoms with Crippen molar-refractivity contribution >= 4 is 11.9 Å². The monoisotopic (exact) mass is 583 g/mol. The first-order chi connectivity index (χ1) is 20.8. The Morgan fingerprint density at radius 3 is 2.58 bits per heavy atom. The summed E-state index contributed by atoms with van der Waals surface area (Å²) < 4.78 is 20.0. The second-order valence-corrected chi connectivity index (χ2v) is 12.6. The van der Waals surface area contributed by atoms with Crippen molar-refractivity contribution in [1.82, 2.24) is 25.1 Å². The van der Waals surface area contributed by atoms with Gasteiger partial charge in [-0.2, -0.15) is 0 Å². The van der Waals surface area contributed by atoms with Gasteiger partial charge in [0.2, 0.25) is 5.91 Å². The normalized spacial score (nSPS) is 32.5. The van der Waals surface area contributed by atoms with Crippen LogP contribution in [0.2, 0.25) is 0 Å². The number of hydrogen-bond donors (Lipinski definition) is 1. The number of halogens is 1. The van der Waals surface area contributed by atoms with Crippen LogP contribution in [0, 0.1) is 11.7 Å². The van der Waals surface area contributed by atoms with Crippen LogP contribution in [-0.4, -0.2) is 88.4 Å². The van der Waals surface area contributed by atoms with E-state index in [2.05, 4.69) is 78.7 Å². The smallest absolute Gasteiger partial charge is 0.334 e. The molecule has 3 saturated heterocycles. The van der Waals surface area contributed by atoms with E-state index in [0.29, 0.717) is 6.54 Å². The standard InChI is InChI=1S/C34H38FN5O3/c1-22(2)32-34-28-12-8-7-11-25(17-29(34)43-28)27(24-9-5-4-6-10-24)19-38(34)20-30-39(32)31(41)21-37(3)40(30)33(42)36-18-23-13-15-26(35)16-14-23/h4-17,22,27-30,32H,18-21H2,1-3H3,(H,36,42)/b11-7?,12-8-/t27?,28?,29?,30-,32-,34?/m0/s1. The quantitative estimate of drug-likeness (QED) is 0.589. The van der Waals surface area contributed by atoms with Gasteiger partial charge in [0.25, 0.3) is 0 Å². The fourth-order valence-corrected chi connectivity index (χ4v) is 8.01. The molecule has 3 bridgehead atoms. The van der Waals surface area contributed by atoms with Crippen molar-refractivity contribution < 1.29 is 18.7 Å². The van der Waals surface area contributed by atoms with Crippen molar-refractivity contribution in [1.29, 1.82) is 0 Å². The topological polar surface area (TPSA) is 68.4 Å². The number of urea groups is 1. The molecule has 5 heterocycles. The zero-order chi connectivity index (χ0) is 29.9. The number of nitrogens with one attached hydrogen (secondary N) is 1. The van der Waals surface area contributed by atoms with Gasteiger partial charge in [0.15, 0.2) is 0 Å². The SMILES string of the molecule is CC(C)[C@@H]1N2C(=O)CN(C)N(C(=O)NCc3ccc(F)cc3)[C@H]2CN2CC(c3ccccc3)C3=CC4OC(/C=C\C=C3)C412. The lowest BCUT2D eigenvalue weighted by atomic mass is 9.66. The summed E-state index contributed by atoms with van der Waals surface area (Å²) >= 11 is 0. The first-order valence-corrected chi connectivity index (χ1v) is 15.1. The molecule has 3 amide bonds. The summed E-state index contributed by atoms with van der Waals surface area (Å²) in [4.78, 5) is 32.4. The number of likely N-dealkylation sites (N-methyl/N-ethyl adjacent to an activating group) is 1. The van der Waals surface area contributed by atoms with Crippen LogP contribution in [-0.2, 0) is 16.1 Å². The van der Waals surface area contributed by atoms with Gasteiger partial charge < -0.3 is 15.0 Å². The second-order valence-electron chi connectivity index (χ2n) is 12.6. The molecule has 7 rings (SSSR count). The number of piperazine rings is 1. The number of hydrogen-bond acceptors (Lipinski definition) is 5. The lowest BCUT2D eigenvalue weighted by Crippen LogP contribution is -2.88. The zero-order valence-corrected chi connectivity index (χ0v) is 24.8. The molecule has 4 unspecified atom stereocenters. The molecule has 9 heteroatoms. The first-order valence-electron chi connectivity index (χ1n) is 15.1. The minimum absolute atomic E-state index is 0.0113. The average Bonchev–Trinajstić information content (AvgIpc) is 3.07. The average molecular weight is 584 g/mol. The Balaban J connectivity index is 1.29. The molecule has 2 aromatic rings. The summed E-state index contributed by atoms with van der Waals surface area (Å²) in [7, 11) is 1.79. The van der Waals surface area contributed by atoms with Crippen LogP contribution in [0.15, 0.2) is 90.6 Å². The van der Waals surface area contributed by atoms with Gasteiger partial charge in [0.1, 0.15) is 29.7 Å². The van der Waals surface area contributed by atoms with E-state index in [-0.39, 0.29) is 60.9 Å². The molecule has 5 aliphatic rings. The largest absolute Gasteiger partial charge is 0.363 e. The number of nitrogens with zero attached hydrogens (tertiary/aromatic N) is 4. The molecule has 6 atom stereocenters. The van der Waals surface area contributed by atoms with Crippen molar-refractivity contribution in [3.8, 4) is 0 Å². The van der Waals surface area contributed by atoms with Crippen LogP contribution in [0.3, 0.4) is 0 Å². The van der Waals surface area contributed by atoms with E-state index in [4.69, 9.17) is 4.74 Å². The molecule has 8 nitrogen and oxygen atoms in total. The van der Waals surface area contributed by atoms with E-state index in [1.165, 1.54) is 23.3 Å². The van der Waals surface area contributed by atoms with Crippen LogP contribution in [0.1, 0.15) is 30.9 Å². The fraction of sp³-hybridized carbons (Fsp3) is 0.412. The lowest BCUT2D eigenvalue weighted by Gasteiger charge is -2.70. The van der Waals surface area contributed by atoms with Gasteiger partial charge in [-0.05, 0) is 40.8 Å². The number of rotatable bonds is 4. The number of allylic oxidation sites excluding steroid dienone is 3. The van der Waals surface area contributed by atoms with Crippen molar-refractivity contribution in [3.63, 3.8) is 0 Å². The van der Waals surface area contributed by atoms with Crippen LogP contribution in [0.5, 0.6) is 0 Å². The number of ether oxygens (including phenoxy) is 1. The number of carbonyl (C=O) groups excluding carboxylic acids is 2. The summed E-state index contributed by atoms with van der Waals surface area (Å²) in [5, 5.41) is 6.45. The van der Waals surface area contributed by atoms with Crippen LogP contribution in [0.4, 0.5) is 9.18 Å². The third-order valence-electron chi connectivity index (χ3n) is 9.77. The molecule has 0 aliphatic carbocycles. The molecular formula is C34H38FN5O3. The third kappa shape index (κ3) is 4.44. The lowest BCUT2D eigenvalue weighted by molar-refractivity contribution is -0.290. The van der Waals surface area contributed by atoms with Gasteiger partial charge in [-0.15, -0.1) is 0 Å². The predicted molar refractivity (Wildman–Crippen MR) is 161 cm³/mol. The highest BCUT2D eigenvalue weighted by Crippen LogP contribution is 2.54. The van der Waals surface area contributed by atoms with E-state index in [1.807, 2.05) is 11.0 Å². The molecule has 2 aromatic carbocycles. The van der Waals surface area contributed by atoms with Crippen LogP contribution < -0.4 is 5.32 Å². The molecule has 5 aliphatic heterocycles. The highest BCUT2D eigenvalue weighted by molar-refractivity contribution is 5.83. The van der Waals surface area contributed by atoms with Gasteiger partial charge in [-0.3, -0.25) is 9.69 Å². The molecule has 0 aromatic heterocycles. The summed E-state index contributed by atoms with van der Waals surface area (Å²) in [5.74, 6) is -0.102. The Hall–Kier alpha value is -3.79. The number of fused-ring (bicyclic) bond motifs is 2. The Bertz CT molecular complexity index is 1490. The van der Waals surface area contributed by atoms with Crippen molar-refractivity contribution in [2.45, 2.75) is 56.3 Å². The second kappa shape index (κ2) is 10.7. The summed E-state index contributed by atoms with van der Waals surface area (Å²) in [6.07, 6.45) is 9.86. The maximum Gasteiger partial charge on any atom is 0.334 e. The number of hydrazine groups is 1. The Kier molecular flexibility index (Phi) is 6.99. The Labute approximate surface area is 252 Å². The van der Waals surface area contributed by atoms with Gasteiger partial charge in [-0.1, -0.05) is 80.6 Å².